The summed E-state index contributed by atoms with van der Waals surface area (Å²) in [6.45, 7) is 5.33. The minimum atomic E-state index is -3.82. The molecule has 1 atom stereocenters. The number of ether oxygens (including phenoxy) is 1. The van der Waals surface area contributed by atoms with E-state index in [1.807, 2.05) is 12.1 Å². The molecule has 0 unspecified atom stereocenters. The van der Waals surface area contributed by atoms with Gasteiger partial charge >= 0.3 is 0 Å². The molecular formula is C17H22N4O4S. The molecule has 1 aliphatic rings. The van der Waals surface area contributed by atoms with E-state index < -0.39 is 16.1 Å². The number of hydrogen-bond donors (Lipinski definition) is 1. The first-order chi connectivity index (χ1) is 12.3. The van der Waals surface area contributed by atoms with Gasteiger partial charge in [0.25, 0.3) is 0 Å². The quantitative estimate of drug-likeness (QED) is 0.869. The number of nitrogens with zero attached hydrogens (tertiary/aromatic N) is 3. The monoisotopic (exact) mass is 378 g/mol. The lowest BCUT2D eigenvalue weighted by molar-refractivity contribution is -0.123. The number of carbonyl (C=O) groups excluding carboxylic acids is 1. The number of methoxy groups -OCH3 is 1. The fourth-order valence-corrected chi connectivity index (χ4v) is 5.22. The molecule has 1 fully saturated rings. The number of aromatic nitrogens is 2. The van der Waals surface area contributed by atoms with E-state index in [0.29, 0.717) is 22.8 Å². The van der Waals surface area contributed by atoms with Gasteiger partial charge in [-0.3, -0.25) is 9.89 Å². The maximum absolute atomic E-state index is 13.1. The lowest BCUT2D eigenvalue weighted by atomic mass is 10.2. The number of hydrogen-bond acceptors (Lipinski definition) is 5. The number of para-hydroxylation sites is 2. The van der Waals surface area contributed by atoms with Gasteiger partial charge in [0.15, 0.2) is 0 Å². The molecule has 1 amide bonds. The number of anilines is 1. The SMILES string of the molecule is COc1ccccc1N1CCN(S(=O)(=O)c2c(C)n[nH]c2C)[C@H](C)C1=O. The summed E-state index contributed by atoms with van der Waals surface area (Å²) in [7, 11) is -2.28. The summed E-state index contributed by atoms with van der Waals surface area (Å²) >= 11 is 0. The molecule has 2 aromatic rings. The van der Waals surface area contributed by atoms with Crippen LogP contribution in [0.2, 0.25) is 0 Å². The number of sulfonamides is 1. The van der Waals surface area contributed by atoms with Crippen LogP contribution in [-0.2, 0) is 14.8 Å². The lowest BCUT2D eigenvalue weighted by Crippen LogP contribution is -2.57. The molecule has 1 aliphatic heterocycles. The zero-order valence-electron chi connectivity index (χ0n) is 15.2. The molecule has 0 spiro atoms. The van der Waals surface area contributed by atoms with Crippen LogP contribution in [0.1, 0.15) is 18.3 Å². The predicted octanol–water partition coefficient (Wildman–Crippen LogP) is 1.46. The average Bonchev–Trinajstić information content (AvgIpc) is 2.96. The Balaban J connectivity index is 1.93. The molecule has 0 bridgehead atoms. The summed E-state index contributed by atoms with van der Waals surface area (Å²) in [5.74, 6) is 0.286. The van der Waals surface area contributed by atoms with Crippen molar-refractivity contribution in [1.29, 1.82) is 0 Å². The topological polar surface area (TPSA) is 95.6 Å². The fourth-order valence-electron chi connectivity index (χ4n) is 3.31. The molecule has 26 heavy (non-hydrogen) atoms. The number of carbonyl (C=O) groups is 1. The van der Waals surface area contributed by atoms with Gasteiger partial charge in [0.1, 0.15) is 16.7 Å². The highest BCUT2D eigenvalue weighted by molar-refractivity contribution is 7.89. The number of piperazine rings is 1. The van der Waals surface area contributed by atoms with Crippen molar-refractivity contribution in [2.24, 2.45) is 0 Å². The molecule has 1 N–H and O–H groups in total. The lowest BCUT2D eigenvalue weighted by Gasteiger charge is -2.38. The Hall–Kier alpha value is -2.39. The standard InChI is InChI=1S/C17H22N4O4S/c1-11-16(12(2)19-18-11)26(23,24)21-10-9-20(17(22)13(21)3)14-7-5-6-8-15(14)25-4/h5-8,13H,9-10H2,1-4H3,(H,18,19)/t13-/m1/s1. The zero-order valence-corrected chi connectivity index (χ0v) is 16.0. The van der Waals surface area contributed by atoms with Gasteiger partial charge < -0.3 is 9.64 Å². The number of benzene rings is 1. The van der Waals surface area contributed by atoms with Crippen LogP contribution >= 0.6 is 0 Å². The maximum atomic E-state index is 13.1. The Morgan fingerprint density at radius 1 is 1.23 bits per heavy atom. The molecule has 9 heteroatoms. The average molecular weight is 378 g/mol. The van der Waals surface area contributed by atoms with Gasteiger partial charge in [-0.25, -0.2) is 8.42 Å². The van der Waals surface area contributed by atoms with Crippen LogP contribution in [0.15, 0.2) is 29.2 Å². The molecule has 2 heterocycles. The van der Waals surface area contributed by atoms with Crippen LogP contribution in [0.5, 0.6) is 5.75 Å². The third-order valence-corrected chi connectivity index (χ3v) is 6.84. The summed E-state index contributed by atoms with van der Waals surface area (Å²) in [5.41, 5.74) is 1.50. The fraction of sp³-hybridized carbons (Fsp3) is 0.412. The van der Waals surface area contributed by atoms with E-state index in [0.717, 1.165) is 0 Å². The van der Waals surface area contributed by atoms with Gasteiger partial charge in [-0.05, 0) is 32.9 Å². The normalized spacial score (nSPS) is 19.0. The van der Waals surface area contributed by atoms with Gasteiger partial charge in [0.05, 0.1) is 24.2 Å². The van der Waals surface area contributed by atoms with Crippen molar-refractivity contribution in [1.82, 2.24) is 14.5 Å². The molecule has 8 nitrogen and oxygen atoms in total. The largest absolute Gasteiger partial charge is 0.495 e. The van der Waals surface area contributed by atoms with Crippen LogP contribution in [0.3, 0.4) is 0 Å². The van der Waals surface area contributed by atoms with Crippen LogP contribution in [0, 0.1) is 13.8 Å². The third kappa shape index (κ3) is 2.86. The smallest absolute Gasteiger partial charge is 0.247 e. The molecule has 1 aromatic heterocycles. The Kier molecular flexibility index (Phi) is 4.76. The molecule has 3 rings (SSSR count). The second-order valence-corrected chi connectivity index (χ2v) is 8.04. The Morgan fingerprint density at radius 3 is 2.54 bits per heavy atom. The van der Waals surface area contributed by atoms with E-state index >= 15 is 0 Å². The van der Waals surface area contributed by atoms with Crippen molar-refractivity contribution in [3.63, 3.8) is 0 Å². The maximum Gasteiger partial charge on any atom is 0.247 e. The first kappa shape index (κ1) is 18.4. The molecule has 140 valence electrons. The van der Waals surface area contributed by atoms with E-state index in [1.165, 1.54) is 11.4 Å². The van der Waals surface area contributed by atoms with Gasteiger partial charge in [-0.2, -0.15) is 9.40 Å². The number of aromatic amines is 1. The third-order valence-electron chi connectivity index (χ3n) is 4.60. The van der Waals surface area contributed by atoms with Crippen LogP contribution < -0.4 is 9.64 Å². The Labute approximate surface area is 152 Å². The Morgan fingerprint density at radius 2 is 1.92 bits per heavy atom. The van der Waals surface area contributed by atoms with Crippen molar-refractivity contribution in [3.05, 3.63) is 35.7 Å². The van der Waals surface area contributed by atoms with Crippen molar-refractivity contribution in [2.75, 3.05) is 25.1 Å². The molecular weight excluding hydrogens is 356 g/mol. The van der Waals surface area contributed by atoms with Gasteiger partial charge in [0, 0.05) is 13.1 Å². The molecule has 0 aliphatic carbocycles. The summed E-state index contributed by atoms with van der Waals surface area (Å²) in [4.78, 5) is 14.6. The summed E-state index contributed by atoms with van der Waals surface area (Å²) in [6.07, 6.45) is 0. The van der Waals surface area contributed by atoms with E-state index in [-0.39, 0.29) is 23.9 Å². The van der Waals surface area contributed by atoms with Crippen molar-refractivity contribution in [3.8, 4) is 5.75 Å². The van der Waals surface area contributed by atoms with E-state index in [9.17, 15) is 13.2 Å². The van der Waals surface area contributed by atoms with Crippen LogP contribution in [0.25, 0.3) is 0 Å². The second kappa shape index (κ2) is 6.73. The molecule has 0 radical (unpaired) electrons. The number of rotatable bonds is 4. The van der Waals surface area contributed by atoms with E-state index in [1.54, 1.807) is 37.8 Å². The molecule has 1 aromatic carbocycles. The highest BCUT2D eigenvalue weighted by Crippen LogP contribution is 2.32. The minimum absolute atomic E-state index is 0.142. The number of amides is 1. The first-order valence-corrected chi connectivity index (χ1v) is 9.71. The highest BCUT2D eigenvalue weighted by atomic mass is 32.2. The number of nitrogens with one attached hydrogen (secondary N) is 1. The van der Waals surface area contributed by atoms with Crippen LogP contribution in [-0.4, -0.2) is 55.1 Å². The number of H-pyrrole nitrogens is 1. The van der Waals surface area contributed by atoms with Crippen molar-refractivity contribution in [2.45, 2.75) is 31.7 Å². The minimum Gasteiger partial charge on any atom is -0.495 e. The number of aryl methyl sites for hydroxylation is 2. The summed E-state index contributed by atoms with van der Waals surface area (Å²) in [5, 5.41) is 6.65. The van der Waals surface area contributed by atoms with Gasteiger partial charge in [0.2, 0.25) is 15.9 Å². The van der Waals surface area contributed by atoms with Crippen molar-refractivity contribution < 1.29 is 17.9 Å². The summed E-state index contributed by atoms with van der Waals surface area (Å²) in [6, 6.07) is 6.37. The molecule has 0 saturated carbocycles. The first-order valence-electron chi connectivity index (χ1n) is 8.26. The molecule has 1 saturated heterocycles. The van der Waals surface area contributed by atoms with Gasteiger partial charge in [-0.15, -0.1) is 0 Å². The van der Waals surface area contributed by atoms with Crippen LogP contribution in [0.4, 0.5) is 5.69 Å². The van der Waals surface area contributed by atoms with E-state index in [4.69, 9.17) is 4.74 Å². The zero-order chi connectivity index (χ0) is 19.1. The predicted molar refractivity (Wildman–Crippen MR) is 96.8 cm³/mol. The van der Waals surface area contributed by atoms with Crippen molar-refractivity contribution >= 4 is 21.6 Å². The summed E-state index contributed by atoms with van der Waals surface area (Å²) < 4.78 is 32.7. The highest BCUT2D eigenvalue weighted by Gasteiger charge is 2.41. The van der Waals surface area contributed by atoms with Gasteiger partial charge in [-0.1, -0.05) is 12.1 Å². The second-order valence-electron chi connectivity index (χ2n) is 6.22. The Bertz CT molecular complexity index is 918. The van der Waals surface area contributed by atoms with E-state index in [2.05, 4.69) is 10.2 Å².